The molecule has 2 heterocycles. The van der Waals surface area contributed by atoms with Gasteiger partial charge in [-0.15, -0.1) is 10.2 Å². The standard InChI is InChI=1S/C16H12BrN5O2/c17-11-6-4-10(5-7-11)9-19-15(23)13-16(24)20-14(22-21-13)12-3-1-2-8-18-12/h1-8H,9H2,(H,19,23)(H,20,22,24). The van der Waals surface area contributed by atoms with Crippen LogP contribution in [0.5, 0.6) is 0 Å². The minimum Gasteiger partial charge on any atom is -0.346 e. The maximum atomic E-state index is 12.1. The van der Waals surface area contributed by atoms with Crippen molar-refractivity contribution in [1.82, 2.24) is 25.5 Å². The Hall–Kier alpha value is -2.87. The fraction of sp³-hybridized carbons (Fsp3) is 0.0625. The molecule has 0 aliphatic heterocycles. The van der Waals surface area contributed by atoms with Crippen molar-refractivity contribution in [2.24, 2.45) is 0 Å². The summed E-state index contributed by atoms with van der Waals surface area (Å²) in [5.74, 6) is -0.371. The van der Waals surface area contributed by atoms with Gasteiger partial charge in [0.05, 0.1) is 0 Å². The highest BCUT2D eigenvalue weighted by Crippen LogP contribution is 2.10. The predicted molar refractivity (Wildman–Crippen MR) is 91.2 cm³/mol. The maximum Gasteiger partial charge on any atom is 0.283 e. The van der Waals surface area contributed by atoms with Gasteiger partial charge in [0.25, 0.3) is 11.5 Å². The molecule has 0 radical (unpaired) electrons. The highest BCUT2D eigenvalue weighted by molar-refractivity contribution is 9.10. The number of aromatic nitrogens is 4. The molecular weight excluding hydrogens is 374 g/mol. The van der Waals surface area contributed by atoms with Crippen molar-refractivity contribution in [2.45, 2.75) is 6.54 Å². The smallest absolute Gasteiger partial charge is 0.283 e. The van der Waals surface area contributed by atoms with Gasteiger partial charge in [-0.2, -0.15) is 0 Å². The Balaban J connectivity index is 1.73. The first-order valence-corrected chi connectivity index (χ1v) is 7.84. The first kappa shape index (κ1) is 16.0. The monoisotopic (exact) mass is 385 g/mol. The molecule has 8 heteroatoms. The average molecular weight is 386 g/mol. The van der Waals surface area contributed by atoms with Crippen molar-refractivity contribution in [3.05, 3.63) is 74.7 Å². The summed E-state index contributed by atoms with van der Waals surface area (Å²) in [5, 5.41) is 10.2. The van der Waals surface area contributed by atoms with Crippen molar-refractivity contribution < 1.29 is 4.79 Å². The van der Waals surface area contributed by atoms with Crippen LogP contribution < -0.4 is 10.9 Å². The van der Waals surface area contributed by atoms with Gasteiger partial charge in [0, 0.05) is 17.2 Å². The summed E-state index contributed by atoms with van der Waals surface area (Å²) in [7, 11) is 0. The summed E-state index contributed by atoms with van der Waals surface area (Å²) < 4.78 is 0.949. The Kier molecular flexibility index (Phi) is 4.76. The van der Waals surface area contributed by atoms with Crippen LogP contribution >= 0.6 is 15.9 Å². The molecule has 0 aliphatic rings. The Morgan fingerprint density at radius 2 is 1.92 bits per heavy atom. The van der Waals surface area contributed by atoms with Crippen molar-refractivity contribution in [3.63, 3.8) is 0 Å². The molecule has 0 aliphatic carbocycles. The van der Waals surface area contributed by atoms with E-state index in [0.29, 0.717) is 5.69 Å². The fourth-order valence-corrected chi connectivity index (χ4v) is 2.24. The normalized spacial score (nSPS) is 10.4. The Labute approximate surface area is 145 Å². The SMILES string of the molecule is O=C(NCc1ccc(Br)cc1)c1nnc(-c2ccccn2)[nH]c1=O. The molecule has 0 saturated carbocycles. The van der Waals surface area contributed by atoms with Gasteiger partial charge >= 0.3 is 0 Å². The van der Waals surface area contributed by atoms with E-state index >= 15 is 0 Å². The van der Waals surface area contributed by atoms with Gasteiger partial charge in [-0.3, -0.25) is 14.6 Å². The topological polar surface area (TPSA) is 101 Å². The number of amides is 1. The van der Waals surface area contributed by atoms with E-state index in [1.165, 1.54) is 0 Å². The van der Waals surface area contributed by atoms with E-state index in [-0.39, 0.29) is 18.1 Å². The first-order valence-electron chi connectivity index (χ1n) is 7.04. The fourth-order valence-electron chi connectivity index (χ4n) is 1.97. The van der Waals surface area contributed by atoms with Crippen LogP contribution in [0.1, 0.15) is 16.1 Å². The molecule has 2 aromatic heterocycles. The van der Waals surface area contributed by atoms with Crippen LogP contribution in [0.25, 0.3) is 11.5 Å². The van der Waals surface area contributed by atoms with Crippen molar-refractivity contribution in [3.8, 4) is 11.5 Å². The number of halogens is 1. The van der Waals surface area contributed by atoms with Crippen molar-refractivity contribution in [2.75, 3.05) is 0 Å². The van der Waals surface area contributed by atoms with E-state index in [9.17, 15) is 9.59 Å². The Morgan fingerprint density at radius 1 is 1.12 bits per heavy atom. The lowest BCUT2D eigenvalue weighted by atomic mass is 10.2. The highest BCUT2D eigenvalue weighted by atomic mass is 79.9. The number of H-pyrrole nitrogens is 1. The molecule has 0 fully saturated rings. The van der Waals surface area contributed by atoms with Crippen LogP contribution in [-0.2, 0) is 6.54 Å². The highest BCUT2D eigenvalue weighted by Gasteiger charge is 2.14. The van der Waals surface area contributed by atoms with E-state index in [4.69, 9.17) is 0 Å². The number of benzene rings is 1. The number of hydrogen-bond donors (Lipinski definition) is 2. The summed E-state index contributed by atoms with van der Waals surface area (Å²) in [5.41, 5.74) is 0.482. The molecule has 120 valence electrons. The van der Waals surface area contributed by atoms with Crippen LogP contribution in [-0.4, -0.2) is 26.1 Å². The number of pyridine rings is 1. The van der Waals surface area contributed by atoms with Gasteiger partial charge in [-0.1, -0.05) is 34.1 Å². The third-order valence-electron chi connectivity index (χ3n) is 3.19. The number of nitrogens with zero attached hydrogens (tertiary/aromatic N) is 3. The van der Waals surface area contributed by atoms with E-state index in [0.717, 1.165) is 10.0 Å². The van der Waals surface area contributed by atoms with E-state index in [1.54, 1.807) is 24.4 Å². The summed E-state index contributed by atoms with van der Waals surface area (Å²) >= 11 is 3.34. The third kappa shape index (κ3) is 3.72. The minimum atomic E-state index is -0.612. The quantitative estimate of drug-likeness (QED) is 0.714. The lowest BCUT2D eigenvalue weighted by Gasteiger charge is -2.05. The molecule has 24 heavy (non-hydrogen) atoms. The zero-order valence-electron chi connectivity index (χ0n) is 12.4. The predicted octanol–water partition coefficient (Wildman–Crippen LogP) is 1.92. The largest absolute Gasteiger partial charge is 0.346 e. The van der Waals surface area contributed by atoms with Gasteiger partial charge in [0.2, 0.25) is 5.69 Å². The number of nitrogens with one attached hydrogen (secondary N) is 2. The van der Waals surface area contributed by atoms with Crippen molar-refractivity contribution in [1.29, 1.82) is 0 Å². The van der Waals surface area contributed by atoms with Crippen LogP contribution in [0.3, 0.4) is 0 Å². The van der Waals surface area contributed by atoms with Crippen LogP contribution in [0.4, 0.5) is 0 Å². The van der Waals surface area contributed by atoms with Crippen LogP contribution in [0.2, 0.25) is 0 Å². The zero-order chi connectivity index (χ0) is 16.9. The second kappa shape index (κ2) is 7.14. The van der Waals surface area contributed by atoms with Gasteiger partial charge < -0.3 is 10.3 Å². The lowest BCUT2D eigenvalue weighted by molar-refractivity contribution is 0.0943. The lowest BCUT2D eigenvalue weighted by Crippen LogP contribution is -2.31. The minimum absolute atomic E-state index is 0.213. The van der Waals surface area contributed by atoms with E-state index < -0.39 is 11.5 Å². The Morgan fingerprint density at radius 3 is 2.58 bits per heavy atom. The van der Waals surface area contributed by atoms with Gasteiger partial charge in [-0.25, -0.2) is 0 Å². The molecule has 1 aromatic carbocycles. The molecule has 3 rings (SSSR count). The van der Waals surface area contributed by atoms with E-state index in [2.05, 4.69) is 41.4 Å². The molecule has 3 aromatic rings. The first-order chi connectivity index (χ1) is 11.6. The van der Waals surface area contributed by atoms with Crippen molar-refractivity contribution >= 4 is 21.8 Å². The number of carbonyl (C=O) groups is 1. The number of carbonyl (C=O) groups excluding carboxylic acids is 1. The summed E-state index contributed by atoms with van der Waals surface area (Å²) in [6.45, 7) is 0.287. The van der Waals surface area contributed by atoms with Gasteiger partial charge in [0.15, 0.2) is 5.82 Å². The maximum absolute atomic E-state index is 12.1. The molecule has 0 bridgehead atoms. The molecule has 0 spiro atoms. The van der Waals surface area contributed by atoms with Crippen LogP contribution in [0, 0.1) is 0 Å². The average Bonchev–Trinajstić information content (AvgIpc) is 2.61. The zero-order valence-corrected chi connectivity index (χ0v) is 13.9. The molecule has 0 atom stereocenters. The summed E-state index contributed by atoms with van der Waals surface area (Å²) in [6.07, 6.45) is 1.58. The number of rotatable bonds is 4. The van der Waals surface area contributed by atoms with E-state index in [1.807, 2.05) is 24.3 Å². The molecule has 2 N–H and O–H groups in total. The molecule has 0 unspecified atom stereocenters. The third-order valence-corrected chi connectivity index (χ3v) is 3.71. The second-order valence-electron chi connectivity index (χ2n) is 4.88. The second-order valence-corrected chi connectivity index (χ2v) is 5.79. The molecule has 7 nitrogen and oxygen atoms in total. The molecule has 1 amide bonds. The molecule has 0 saturated heterocycles. The summed E-state index contributed by atoms with van der Waals surface area (Å²) in [4.78, 5) is 30.7. The van der Waals surface area contributed by atoms with Gasteiger partial charge in [0.1, 0.15) is 5.69 Å². The van der Waals surface area contributed by atoms with Crippen LogP contribution in [0.15, 0.2) is 57.9 Å². The molecular formula is C16H12BrN5O2. The Bertz CT molecular complexity index is 910. The number of hydrogen-bond acceptors (Lipinski definition) is 5. The number of aromatic amines is 1. The van der Waals surface area contributed by atoms with Gasteiger partial charge in [-0.05, 0) is 29.8 Å². The summed E-state index contributed by atoms with van der Waals surface area (Å²) in [6, 6.07) is 12.7.